The molecule has 0 aliphatic carbocycles. The van der Waals surface area contributed by atoms with Gasteiger partial charge in [0.15, 0.2) is 0 Å². The van der Waals surface area contributed by atoms with Crippen molar-refractivity contribution < 1.29 is 9.53 Å². The molecule has 0 aliphatic rings. The molecule has 7 heteroatoms. The fraction of sp³-hybridized carbons (Fsp3) is 0.150. The molecule has 0 aliphatic heterocycles. The van der Waals surface area contributed by atoms with Gasteiger partial charge in [0.1, 0.15) is 17.5 Å². The number of hydrogen-bond acceptors (Lipinski definition) is 6. The van der Waals surface area contributed by atoms with E-state index in [1.807, 2.05) is 24.3 Å². The molecule has 0 atom stereocenters. The third kappa shape index (κ3) is 4.74. The molecule has 0 saturated carbocycles. The predicted octanol–water partition coefficient (Wildman–Crippen LogP) is 5.10. The molecule has 1 heterocycles. The number of rotatable bonds is 6. The molecular formula is C20H19ClN4O2. The van der Waals surface area contributed by atoms with Gasteiger partial charge in [0.2, 0.25) is 0 Å². The SMILES string of the molecule is CCOC(=O)c1ccccc1Nc1cc(Nc2ccccc2Cl)nc(C)n1. The summed E-state index contributed by atoms with van der Waals surface area (Å²) in [6.45, 7) is 3.88. The first-order chi connectivity index (χ1) is 13.1. The van der Waals surface area contributed by atoms with Gasteiger partial charge in [-0.3, -0.25) is 0 Å². The van der Waals surface area contributed by atoms with Crippen molar-refractivity contribution in [2.45, 2.75) is 13.8 Å². The second kappa shape index (κ2) is 8.51. The van der Waals surface area contributed by atoms with Crippen LogP contribution >= 0.6 is 11.6 Å². The largest absolute Gasteiger partial charge is 0.462 e. The Bertz CT molecular complexity index is 962. The molecule has 3 aromatic rings. The van der Waals surface area contributed by atoms with Gasteiger partial charge in [-0.05, 0) is 38.1 Å². The Morgan fingerprint density at radius 1 is 1.00 bits per heavy atom. The van der Waals surface area contributed by atoms with Crippen LogP contribution in [0.5, 0.6) is 0 Å². The van der Waals surface area contributed by atoms with Crippen LogP contribution in [0.2, 0.25) is 5.02 Å². The standard InChI is InChI=1S/C20H19ClN4O2/c1-3-27-20(26)14-8-4-6-10-16(14)24-18-12-19(23-13(2)22-18)25-17-11-7-5-9-15(17)21/h4-12H,3H2,1-2H3,(H2,22,23,24,25). The van der Waals surface area contributed by atoms with Gasteiger partial charge in [0.05, 0.1) is 28.6 Å². The number of para-hydroxylation sites is 2. The molecule has 0 saturated heterocycles. The number of halogens is 1. The molecule has 0 unspecified atom stereocenters. The lowest BCUT2D eigenvalue weighted by Crippen LogP contribution is -2.09. The molecule has 0 radical (unpaired) electrons. The second-order valence-electron chi connectivity index (χ2n) is 5.68. The highest BCUT2D eigenvalue weighted by Crippen LogP contribution is 2.26. The smallest absolute Gasteiger partial charge is 0.340 e. The van der Waals surface area contributed by atoms with Crippen LogP contribution in [0, 0.1) is 6.92 Å². The number of esters is 1. The number of ether oxygens (including phenoxy) is 1. The summed E-state index contributed by atoms with van der Waals surface area (Å²) in [5.74, 6) is 1.32. The van der Waals surface area contributed by atoms with Gasteiger partial charge in [-0.15, -0.1) is 0 Å². The first-order valence-electron chi connectivity index (χ1n) is 8.47. The van der Waals surface area contributed by atoms with Crippen LogP contribution in [0.15, 0.2) is 54.6 Å². The molecule has 1 aromatic heterocycles. The van der Waals surface area contributed by atoms with Crippen molar-refractivity contribution in [1.29, 1.82) is 0 Å². The van der Waals surface area contributed by atoms with Crippen molar-refractivity contribution in [2.75, 3.05) is 17.2 Å². The minimum atomic E-state index is -0.388. The fourth-order valence-electron chi connectivity index (χ4n) is 2.51. The number of benzene rings is 2. The van der Waals surface area contributed by atoms with E-state index in [1.165, 1.54) is 0 Å². The monoisotopic (exact) mass is 382 g/mol. The average molecular weight is 383 g/mol. The first-order valence-corrected chi connectivity index (χ1v) is 8.85. The molecule has 6 nitrogen and oxygen atoms in total. The lowest BCUT2D eigenvalue weighted by Gasteiger charge is -2.13. The summed E-state index contributed by atoms with van der Waals surface area (Å²) >= 11 is 6.20. The van der Waals surface area contributed by atoms with Crippen LogP contribution in [0.4, 0.5) is 23.0 Å². The molecular weight excluding hydrogens is 364 g/mol. The van der Waals surface area contributed by atoms with Crippen molar-refractivity contribution in [3.8, 4) is 0 Å². The minimum absolute atomic E-state index is 0.311. The average Bonchev–Trinajstić information content (AvgIpc) is 2.64. The highest BCUT2D eigenvalue weighted by Gasteiger charge is 2.13. The fourth-order valence-corrected chi connectivity index (χ4v) is 2.70. The van der Waals surface area contributed by atoms with E-state index < -0.39 is 0 Å². The van der Waals surface area contributed by atoms with Gasteiger partial charge in [0.25, 0.3) is 0 Å². The summed E-state index contributed by atoms with van der Waals surface area (Å²) in [5, 5.41) is 6.94. The van der Waals surface area contributed by atoms with E-state index in [0.717, 1.165) is 5.69 Å². The number of hydrogen-bond donors (Lipinski definition) is 2. The van der Waals surface area contributed by atoms with Crippen LogP contribution in [0.1, 0.15) is 23.1 Å². The Morgan fingerprint density at radius 3 is 2.26 bits per heavy atom. The zero-order valence-electron chi connectivity index (χ0n) is 15.0. The third-order valence-electron chi connectivity index (χ3n) is 3.66. The molecule has 0 bridgehead atoms. The molecule has 27 heavy (non-hydrogen) atoms. The van der Waals surface area contributed by atoms with E-state index in [9.17, 15) is 4.79 Å². The zero-order valence-corrected chi connectivity index (χ0v) is 15.7. The topological polar surface area (TPSA) is 76.1 Å². The summed E-state index contributed by atoms with van der Waals surface area (Å²) in [6, 6.07) is 16.3. The summed E-state index contributed by atoms with van der Waals surface area (Å²) in [7, 11) is 0. The van der Waals surface area contributed by atoms with Crippen LogP contribution in [-0.4, -0.2) is 22.5 Å². The predicted molar refractivity (Wildman–Crippen MR) is 107 cm³/mol. The zero-order chi connectivity index (χ0) is 19.2. The summed E-state index contributed by atoms with van der Waals surface area (Å²) in [6.07, 6.45) is 0. The van der Waals surface area contributed by atoms with Gasteiger partial charge < -0.3 is 15.4 Å². The van der Waals surface area contributed by atoms with E-state index in [-0.39, 0.29) is 5.97 Å². The van der Waals surface area contributed by atoms with Gasteiger partial charge in [-0.1, -0.05) is 35.9 Å². The molecule has 138 valence electrons. The van der Waals surface area contributed by atoms with Crippen molar-refractivity contribution in [3.63, 3.8) is 0 Å². The molecule has 2 aromatic carbocycles. The maximum absolute atomic E-state index is 12.1. The van der Waals surface area contributed by atoms with Gasteiger partial charge >= 0.3 is 5.97 Å². The highest BCUT2D eigenvalue weighted by molar-refractivity contribution is 6.33. The van der Waals surface area contributed by atoms with Gasteiger partial charge in [-0.25, -0.2) is 14.8 Å². The number of anilines is 4. The van der Waals surface area contributed by atoms with Crippen molar-refractivity contribution in [3.05, 3.63) is 71.0 Å². The first kappa shape index (κ1) is 18.7. The molecule has 0 amide bonds. The Balaban J connectivity index is 1.88. The molecule has 2 N–H and O–H groups in total. The highest BCUT2D eigenvalue weighted by atomic mass is 35.5. The number of aromatic nitrogens is 2. The van der Waals surface area contributed by atoms with E-state index in [1.54, 1.807) is 44.2 Å². The van der Waals surface area contributed by atoms with Crippen LogP contribution in [0.3, 0.4) is 0 Å². The Kier molecular flexibility index (Phi) is 5.88. The number of carbonyl (C=O) groups excluding carboxylic acids is 1. The summed E-state index contributed by atoms with van der Waals surface area (Å²) in [4.78, 5) is 20.9. The molecule has 0 fully saturated rings. The quantitative estimate of drug-likeness (QED) is 0.577. The normalized spacial score (nSPS) is 10.3. The number of nitrogens with zero attached hydrogens (tertiary/aromatic N) is 2. The van der Waals surface area contributed by atoms with Crippen molar-refractivity contribution in [2.24, 2.45) is 0 Å². The maximum Gasteiger partial charge on any atom is 0.340 e. The third-order valence-corrected chi connectivity index (χ3v) is 3.99. The molecule has 3 rings (SSSR count). The number of carbonyl (C=O) groups is 1. The van der Waals surface area contributed by atoms with Crippen molar-refractivity contribution >= 4 is 40.6 Å². The van der Waals surface area contributed by atoms with Gasteiger partial charge in [0, 0.05) is 6.07 Å². The minimum Gasteiger partial charge on any atom is -0.462 e. The van der Waals surface area contributed by atoms with Crippen LogP contribution in [-0.2, 0) is 4.74 Å². The summed E-state index contributed by atoms with van der Waals surface area (Å²) in [5.41, 5.74) is 1.80. The Labute approximate surface area is 162 Å². The Morgan fingerprint density at radius 2 is 1.59 bits per heavy atom. The number of nitrogens with one attached hydrogen (secondary N) is 2. The lowest BCUT2D eigenvalue weighted by atomic mass is 10.2. The van der Waals surface area contributed by atoms with E-state index in [2.05, 4.69) is 20.6 Å². The second-order valence-corrected chi connectivity index (χ2v) is 6.09. The maximum atomic E-state index is 12.1. The van der Waals surface area contributed by atoms with E-state index >= 15 is 0 Å². The van der Waals surface area contributed by atoms with E-state index in [4.69, 9.17) is 16.3 Å². The lowest BCUT2D eigenvalue weighted by molar-refractivity contribution is 0.0527. The van der Waals surface area contributed by atoms with Gasteiger partial charge in [-0.2, -0.15) is 0 Å². The number of aryl methyl sites for hydroxylation is 1. The summed E-state index contributed by atoms with van der Waals surface area (Å²) < 4.78 is 5.11. The van der Waals surface area contributed by atoms with Crippen molar-refractivity contribution in [1.82, 2.24) is 9.97 Å². The van der Waals surface area contributed by atoms with Crippen LogP contribution in [0.25, 0.3) is 0 Å². The van der Waals surface area contributed by atoms with Crippen LogP contribution < -0.4 is 10.6 Å². The van der Waals surface area contributed by atoms with E-state index in [0.29, 0.717) is 40.3 Å². The molecule has 0 spiro atoms. The Hall–Kier alpha value is -3.12.